The minimum Gasteiger partial charge on any atom is -0.372 e. The minimum absolute atomic E-state index is 0.0614. The minimum atomic E-state index is -0.713. The van der Waals surface area contributed by atoms with E-state index in [1.54, 1.807) is 6.92 Å². The monoisotopic (exact) mass is 264 g/mol. The molecule has 104 valence electrons. The van der Waals surface area contributed by atoms with Crippen LogP contribution in [0, 0.1) is 6.92 Å². The first-order valence-corrected chi connectivity index (χ1v) is 6.25. The zero-order valence-electron chi connectivity index (χ0n) is 11.3. The SMILES string of the molecule is CCOCC(=O)N[C@H](Cc1cccc(C)c1)C(N)=O. The van der Waals surface area contributed by atoms with Crippen molar-refractivity contribution in [2.75, 3.05) is 13.2 Å². The predicted octanol–water partition coefficient (Wildman–Crippen LogP) is 0.544. The van der Waals surface area contributed by atoms with E-state index in [0.29, 0.717) is 13.0 Å². The van der Waals surface area contributed by atoms with Crippen LogP contribution in [0.2, 0.25) is 0 Å². The lowest BCUT2D eigenvalue weighted by Gasteiger charge is -2.15. The van der Waals surface area contributed by atoms with Crippen LogP contribution in [-0.4, -0.2) is 31.1 Å². The molecule has 0 saturated carbocycles. The van der Waals surface area contributed by atoms with E-state index in [1.807, 2.05) is 31.2 Å². The molecule has 0 aromatic heterocycles. The van der Waals surface area contributed by atoms with Crippen molar-refractivity contribution in [3.8, 4) is 0 Å². The van der Waals surface area contributed by atoms with Crippen molar-refractivity contribution < 1.29 is 14.3 Å². The molecule has 1 rings (SSSR count). The van der Waals surface area contributed by atoms with Crippen molar-refractivity contribution in [1.29, 1.82) is 0 Å². The summed E-state index contributed by atoms with van der Waals surface area (Å²) >= 11 is 0. The summed E-state index contributed by atoms with van der Waals surface area (Å²) in [5.41, 5.74) is 7.36. The Morgan fingerprint density at radius 3 is 2.74 bits per heavy atom. The molecular weight excluding hydrogens is 244 g/mol. The standard InChI is InChI=1S/C14H20N2O3/c1-3-19-9-13(17)16-12(14(15)18)8-11-6-4-5-10(2)7-11/h4-7,12H,3,8-9H2,1-2H3,(H2,15,18)(H,16,17)/t12-/m1/s1. The lowest BCUT2D eigenvalue weighted by atomic mass is 10.0. The molecule has 3 N–H and O–H groups in total. The summed E-state index contributed by atoms with van der Waals surface area (Å²) < 4.78 is 4.98. The van der Waals surface area contributed by atoms with Gasteiger partial charge in [0, 0.05) is 13.0 Å². The summed E-state index contributed by atoms with van der Waals surface area (Å²) in [5, 5.41) is 2.58. The van der Waals surface area contributed by atoms with Gasteiger partial charge in [0.2, 0.25) is 11.8 Å². The fraction of sp³-hybridized carbons (Fsp3) is 0.429. The molecule has 1 atom stereocenters. The first-order valence-electron chi connectivity index (χ1n) is 6.25. The lowest BCUT2D eigenvalue weighted by molar-refractivity contribution is -0.130. The molecule has 19 heavy (non-hydrogen) atoms. The summed E-state index contributed by atoms with van der Waals surface area (Å²) in [6.45, 7) is 4.16. The van der Waals surface area contributed by atoms with E-state index in [1.165, 1.54) is 0 Å². The van der Waals surface area contributed by atoms with E-state index in [9.17, 15) is 9.59 Å². The summed E-state index contributed by atoms with van der Waals surface area (Å²) in [6, 6.07) is 7.03. The van der Waals surface area contributed by atoms with Crippen molar-refractivity contribution >= 4 is 11.8 Å². The number of rotatable bonds is 7. The zero-order chi connectivity index (χ0) is 14.3. The van der Waals surface area contributed by atoms with Crippen LogP contribution in [0.5, 0.6) is 0 Å². The van der Waals surface area contributed by atoms with E-state index in [4.69, 9.17) is 10.5 Å². The predicted molar refractivity (Wildman–Crippen MR) is 72.5 cm³/mol. The first kappa shape index (κ1) is 15.2. The summed E-state index contributed by atoms with van der Waals surface area (Å²) in [7, 11) is 0. The normalized spacial score (nSPS) is 11.9. The van der Waals surface area contributed by atoms with Gasteiger partial charge in [-0.3, -0.25) is 9.59 Å². The van der Waals surface area contributed by atoms with Gasteiger partial charge < -0.3 is 15.8 Å². The van der Waals surface area contributed by atoms with Gasteiger partial charge in [-0.05, 0) is 19.4 Å². The molecule has 1 aromatic carbocycles. The maximum atomic E-state index is 11.5. The van der Waals surface area contributed by atoms with Gasteiger partial charge in [-0.2, -0.15) is 0 Å². The molecule has 0 fully saturated rings. The number of hydrogen-bond acceptors (Lipinski definition) is 3. The van der Waals surface area contributed by atoms with Crippen LogP contribution in [0.15, 0.2) is 24.3 Å². The Balaban J connectivity index is 2.63. The van der Waals surface area contributed by atoms with Gasteiger partial charge in [-0.25, -0.2) is 0 Å². The van der Waals surface area contributed by atoms with E-state index in [2.05, 4.69) is 5.32 Å². The van der Waals surface area contributed by atoms with Crippen LogP contribution in [0.3, 0.4) is 0 Å². The maximum Gasteiger partial charge on any atom is 0.246 e. The van der Waals surface area contributed by atoms with Gasteiger partial charge in [-0.15, -0.1) is 0 Å². The highest BCUT2D eigenvalue weighted by Crippen LogP contribution is 2.07. The number of hydrogen-bond donors (Lipinski definition) is 2. The molecular formula is C14H20N2O3. The van der Waals surface area contributed by atoms with Crippen molar-refractivity contribution in [2.45, 2.75) is 26.3 Å². The van der Waals surface area contributed by atoms with Gasteiger partial charge >= 0.3 is 0 Å². The second-order valence-electron chi connectivity index (χ2n) is 4.35. The molecule has 2 amide bonds. The van der Waals surface area contributed by atoms with E-state index < -0.39 is 11.9 Å². The van der Waals surface area contributed by atoms with Crippen molar-refractivity contribution in [3.05, 3.63) is 35.4 Å². The number of primary amides is 1. The second kappa shape index (κ2) is 7.53. The number of aryl methyl sites for hydroxylation is 1. The van der Waals surface area contributed by atoms with Crippen LogP contribution in [0.4, 0.5) is 0 Å². The summed E-state index contributed by atoms with van der Waals surface area (Å²) in [5.74, 6) is -0.885. The molecule has 1 aromatic rings. The van der Waals surface area contributed by atoms with E-state index >= 15 is 0 Å². The molecule has 5 nitrogen and oxygen atoms in total. The van der Waals surface area contributed by atoms with Gasteiger partial charge in [0.25, 0.3) is 0 Å². The van der Waals surface area contributed by atoms with Crippen LogP contribution >= 0.6 is 0 Å². The highest BCUT2D eigenvalue weighted by molar-refractivity contribution is 5.87. The third-order valence-corrected chi connectivity index (χ3v) is 2.64. The van der Waals surface area contributed by atoms with E-state index in [0.717, 1.165) is 11.1 Å². The van der Waals surface area contributed by atoms with Crippen molar-refractivity contribution in [2.24, 2.45) is 5.73 Å². The topological polar surface area (TPSA) is 81.4 Å². The molecule has 0 bridgehead atoms. The molecule has 0 aliphatic rings. The van der Waals surface area contributed by atoms with Crippen LogP contribution < -0.4 is 11.1 Å². The molecule has 0 aliphatic heterocycles. The number of amides is 2. The zero-order valence-corrected chi connectivity index (χ0v) is 11.3. The summed E-state index contributed by atoms with van der Waals surface area (Å²) in [6.07, 6.45) is 0.384. The van der Waals surface area contributed by atoms with Crippen molar-refractivity contribution in [1.82, 2.24) is 5.32 Å². The Labute approximate surface area is 113 Å². The molecule has 0 spiro atoms. The highest BCUT2D eigenvalue weighted by Gasteiger charge is 2.18. The molecule has 0 radical (unpaired) electrons. The largest absolute Gasteiger partial charge is 0.372 e. The quantitative estimate of drug-likeness (QED) is 0.754. The van der Waals surface area contributed by atoms with Crippen LogP contribution in [0.1, 0.15) is 18.1 Å². The molecule has 0 aliphatic carbocycles. The van der Waals surface area contributed by atoms with E-state index in [-0.39, 0.29) is 12.5 Å². The molecule has 0 unspecified atom stereocenters. The van der Waals surface area contributed by atoms with Gasteiger partial charge in [-0.1, -0.05) is 29.8 Å². The number of carbonyl (C=O) groups is 2. The lowest BCUT2D eigenvalue weighted by Crippen LogP contribution is -2.47. The fourth-order valence-electron chi connectivity index (χ4n) is 1.73. The Kier molecular flexibility index (Phi) is 6.02. The fourth-order valence-corrected chi connectivity index (χ4v) is 1.73. The Hall–Kier alpha value is -1.88. The number of nitrogens with one attached hydrogen (secondary N) is 1. The number of ether oxygens (including phenoxy) is 1. The number of carbonyl (C=O) groups excluding carboxylic acids is 2. The second-order valence-corrected chi connectivity index (χ2v) is 4.35. The average molecular weight is 264 g/mol. The molecule has 0 saturated heterocycles. The Morgan fingerprint density at radius 2 is 2.16 bits per heavy atom. The number of nitrogens with two attached hydrogens (primary N) is 1. The van der Waals surface area contributed by atoms with Gasteiger partial charge in [0.15, 0.2) is 0 Å². The Morgan fingerprint density at radius 1 is 1.42 bits per heavy atom. The van der Waals surface area contributed by atoms with Gasteiger partial charge in [0.05, 0.1) is 0 Å². The molecule has 5 heteroatoms. The third-order valence-electron chi connectivity index (χ3n) is 2.64. The van der Waals surface area contributed by atoms with Crippen molar-refractivity contribution in [3.63, 3.8) is 0 Å². The molecule has 0 heterocycles. The highest BCUT2D eigenvalue weighted by atomic mass is 16.5. The number of benzene rings is 1. The average Bonchev–Trinajstić information content (AvgIpc) is 2.35. The Bertz CT molecular complexity index is 446. The third kappa shape index (κ3) is 5.52. The van der Waals surface area contributed by atoms with Crippen LogP contribution in [0.25, 0.3) is 0 Å². The van der Waals surface area contributed by atoms with Crippen LogP contribution in [-0.2, 0) is 20.7 Å². The summed E-state index contributed by atoms with van der Waals surface area (Å²) in [4.78, 5) is 22.9. The maximum absolute atomic E-state index is 11.5. The van der Waals surface area contributed by atoms with Gasteiger partial charge in [0.1, 0.15) is 12.6 Å². The first-order chi connectivity index (χ1) is 9.02. The smallest absolute Gasteiger partial charge is 0.246 e.